The van der Waals surface area contributed by atoms with Crippen LogP contribution in [0.3, 0.4) is 0 Å². The standard InChI is InChI=1S/C13H17F3N2O/c1-19-12(7-2-8-12)11(18-17)9-3-5-10(6-4-9)13(14,15)16/h3-6,11,18H,2,7-8,17H2,1H3. The van der Waals surface area contributed by atoms with Gasteiger partial charge in [-0.25, -0.2) is 0 Å². The molecule has 0 amide bonds. The highest BCUT2D eigenvalue weighted by atomic mass is 19.4. The van der Waals surface area contributed by atoms with Crippen LogP contribution in [-0.2, 0) is 10.9 Å². The number of alkyl halides is 3. The molecule has 0 saturated heterocycles. The number of hydrogen-bond acceptors (Lipinski definition) is 3. The van der Waals surface area contributed by atoms with Gasteiger partial charge in [0.05, 0.1) is 17.2 Å². The van der Waals surface area contributed by atoms with Gasteiger partial charge in [0, 0.05) is 7.11 Å². The molecule has 1 aromatic carbocycles. The molecule has 1 atom stereocenters. The lowest BCUT2D eigenvalue weighted by Gasteiger charge is -2.46. The molecule has 6 heteroatoms. The highest BCUT2D eigenvalue weighted by Gasteiger charge is 2.45. The molecule has 0 radical (unpaired) electrons. The summed E-state index contributed by atoms with van der Waals surface area (Å²) in [4.78, 5) is 0. The molecular weight excluding hydrogens is 257 g/mol. The van der Waals surface area contributed by atoms with E-state index in [0.717, 1.165) is 31.4 Å². The highest BCUT2D eigenvalue weighted by molar-refractivity contribution is 5.29. The fraction of sp³-hybridized carbons (Fsp3) is 0.538. The summed E-state index contributed by atoms with van der Waals surface area (Å²) in [5, 5.41) is 0. The van der Waals surface area contributed by atoms with Crippen LogP contribution >= 0.6 is 0 Å². The summed E-state index contributed by atoms with van der Waals surface area (Å²) < 4.78 is 43.1. The van der Waals surface area contributed by atoms with Crippen LogP contribution in [0.25, 0.3) is 0 Å². The zero-order valence-electron chi connectivity index (χ0n) is 10.6. The van der Waals surface area contributed by atoms with Crippen LogP contribution in [-0.4, -0.2) is 12.7 Å². The molecule has 1 saturated carbocycles. The number of rotatable bonds is 4. The lowest BCUT2D eigenvalue weighted by molar-refractivity contribution is -0.137. The molecule has 1 unspecified atom stereocenters. The van der Waals surface area contributed by atoms with Crippen molar-refractivity contribution < 1.29 is 17.9 Å². The van der Waals surface area contributed by atoms with E-state index in [2.05, 4.69) is 5.43 Å². The smallest absolute Gasteiger partial charge is 0.376 e. The first-order valence-corrected chi connectivity index (χ1v) is 6.11. The maximum absolute atomic E-state index is 12.5. The predicted molar refractivity (Wildman–Crippen MR) is 65.1 cm³/mol. The van der Waals surface area contributed by atoms with E-state index in [-0.39, 0.29) is 6.04 Å². The monoisotopic (exact) mass is 274 g/mol. The molecule has 0 heterocycles. The Hall–Kier alpha value is -1.11. The average Bonchev–Trinajstić information content (AvgIpc) is 2.33. The summed E-state index contributed by atoms with van der Waals surface area (Å²) in [7, 11) is 1.60. The van der Waals surface area contributed by atoms with Gasteiger partial charge in [0.15, 0.2) is 0 Å². The van der Waals surface area contributed by atoms with Gasteiger partial charge in [-0.2, -0.15) is 13.2 Å². The number of halogens is 3. The Morgan fingerprint density at radius 2 is 1.84 bits per heavy atom. The van der Waals surface area contributed by atoms with Crippen LogP contribution < -0.4 is 11.3 Å². The molecule has 3 nitrogen and oxygen atoms in total. The highest BCUT2D eigenvalue weighted by Crippen LogP contribution is 2.44. The van der Waals surface area contributed by atoms with Crippen LogP contribution in [0.5, 0.6) is 0 Å². The third-order valence-electron chi connectivity index (χ3n) is 3.87. The number of hydrogen-bond donors (Lipinski definition) is 2. The predicted octanol–water partition coefficient (Wildman–Crippen LogP) is 2.78. The molecule has 0 aromatic heterocycles. The number of nitrogens with one attached hydrogen (secondary N) is 1. The second-order valence-electron chi connectivity index (χ2n) is 4.84. The molecule has 0 spiro atoms. The van der Waals surface area contributed by atoms with Crippen LogP contribution in [0.15, 0.2) is 24.3 Å². The summed E-state index contributed by atoms with van der Waals surface area (Å²) in [5.41, 5.74) is 2.30. The summed E-state index contributed by atoms with van der Waals surface area (Å²) in [6.45, 7) is 0. The number of ether oxygens (including phenoxy) is 1. The second-order valence-corrected chi connectivity index (χ2v) is 4.84. The minimum Gasteiger partial charge on any atom is -0.376 e. The second kappa shape index (κ2) is 5.11. The fourth-order valence-corrected chi connectivity index (χ4v) is 2.55. The lowest BCUT2D eigenvalue weighted by Crippen LogP contribution is -2.52. The van der Waals surface area contributed by atoms with E-state index in [1.54, 1.807) is 7.11 Å². The minimum atomic E-state index is -4.32. The van der Waals surface area contributed by atoms with Crippen molar-refractivity contribution in [1.82, 2.24) is 5.43 Å². The Morgan fingerprint density at radius 3 is 2.16 bits per heavy atom. The molecule has 2 rings (SSSR count). The van der Waals surface area contributed by atoms with E-state index in [1.807, 2.05) is 0 Å². The largest absolute Gasteiger partial charge is 0.416 e. The number of methoxy groups -OCH3 is 1. The van der Waals surface area contributed by atoms with E-state index in [9.17, 15) is 13.2 Å². The molecule has 19 heavy (non-hydrogen) atoms. The Balaban J connectivity index is 2.25. The molecular formula is C13H17F3N2O. The summed E-state index contributed by atoms with van der Waals surface area (Å²) in [5.74, 6) is 5.55. The molecule has 1 aliphatic rings. The lowest BCUT2D eigenvalue weighted by atomic mass is 9.72. The van der Waals surface area contributed by atoms with E-state index < -0.39 is 17.3 Å². The van der Waals surface area contributed by atoms with Crippen molar-refractivity contribution in [1.29, 1.82) is 0 Å². The molecule has 106 valence electrons. The zero-order chi connectivity index (χ0) is 14.1. The maximum atomic E-state index is 12.5. The van der Waals surface area contributed by atoms with Crippen LogP contribution in [0.2, 0.25) is 0 Å². The Kier molecular flexibility index (Phi) is 3.85. The van der Waals surface area contributed by atoms with Crippen LogP contribution in [0, 0.1) is 0 Å². The van der Waals surface area contributed by atoms with Gasteiger partial charge >= 0.3 is 6.18 Å². The molecule has 1 aromatic rings. The van der Waals surface area contributed by atoms with Gasteiger partial charge in [-0.05, 0) is 37.0 Å². The minimum absolute atomic E-state index is 0.298. The van der Waals surface area contributed by atoms with Crippen molar-refractivity contribution >= 4 is 0 Å². The molecule has 0 aliphatic heterocycles. The maximum Gasteiger partial charge on any atom is 0.416 e. The Bertz CT molecular complexity index is 421. The summed E-state index contributed by atoms with van der Waals surface area (Å²) in [6, 6.07) is 4.75. The van der Waals surface area contributed by atoms with Gasteiger partial charge in [0.1, 0.15) is 0 Å². The number of nitrogens with two attached hydrogens (primary N) is 1. The third-order valence-corrected chi connectivity index (χ3v) is 3.87. The Labute approximate surface area is 109 Å². The van der Waals surface area contributed by atoms with Gasteiger partial charge in [-0.3, -0.25) is 11.3 Å². The van der Waals surface area contributed by atoms with Gasteiger partial charge in [-0.15, -0.1) is 0 Å². The number of hydrazine groups is 1. The van der Waals surface area contributed by atoms with Gasteiger partial charge in [0.2, 0.25) is 0 Å². The van der Waals surface area contributed by atoms with Crippen LogP contribution in [0.1, 0.15) is 36.4 Å². The van der Waals surface area contributed by atoms with Crippen molar-refractivity contribution in [3.05, 3.63) is 35.4 Å². The quantitative estimate of drug-likeness (QED) is 0.655. The summed E-state index contributed by atoms with van der Waals surface area (Å²) in [6.07, 6.45) is -1.59. The third kappa shape index (κ3) is 2.61. The average molecular weight is 274 g/mol. The van der Waals surface area contributed by atoms with Gasteiger partial charge in [0.25, 0.3) is 0 Å². The van der Waals surface area contributed by atoms with Gasteiger partial charge in [-0.1, -0.05) is 12.1 Å². The number of benzene rings is 1. The molecule has 0 bridgehead atoms. The van der Waals surface area contributed by atoms with Crippen molar-refractivity contribution in [2.75, 3.05) is 7.11 Å². The fourth-order valence-electron chi connectivity index (χ4n) is 2.55. The van der Waals surface area contributed by atoms with E-state index in [0.29, 0.717) is 5.56 Å². The molecule has 1 aliphatic carbocycles. The first kappa shape index (κ1) is 14.3. The summed E-state index contributed by atoms with van der Waals surface area (Å²) >= 11 is 0. The SMILES string of the molecule is COC1(C(NN)c2ccc(C(F)(F)F)cc2)CCC1. The van der Waals surface area contributed by atoms with Crippen LogP contribution in [0.4, 0.5) is 13.2 Å². The molecule has 3 N–H and O–H groups in total. The topological polar surface area (TPSA) is 47.3 Å². The van der Waals surface area contributed by atoms with E-state index in [1.165, 1.54) is 12.1 Å². The van der Waals surface area contributed by atoms with Crippen molar-refractivity contribution in [2.24, 2.45) is 5.84 Å². The normalized spacial score (nSPS) is 19.8. The Morgan fingerprint density at radius 1 is 1.26 bits per heavy atom. The van der Waals surface area contributed by atoms with Gasteiger partial charge < -0.3 is 4.74 Å². The van der Waals surface area contributed by atoms with E-state index in [4.69, 9.17) is 10.6 Å². The first-order valence-electron chi connectivity index (χ1n) is 6.11. The zero-order valence-corrected chi connectivity index (χ0v) is 10.6. The first-order chi connectivity index (χ1) is 8.93. The van der Waals surface area contributed by atoms with Crippen molar-refractivity contribution in [2.45, 2.75) is 37.1 Å². The van der Waals surface area contributed by atoms with Crippen molar-refractivity contribution in [3.63, 3.8) is 0 Å². The molecule has 1 fully saturated rings. The van der Waals surface area contributed by atoms with Crippen molar-refractivity contribution in [3.8, 4) is 0 Å². The van der Waals surface area contributed by atoms with E-state index >= 15 is 0 Å².